The molecule has 4 aromatic rings. The number of nitrogens with one attached hydrogen (secondary N) is 1. The Labute approximate surface area is 239 Å². The molecule has 1 N–H and O–H groups in total. The van der Waals surface area contributed by atoms with Gasteiger partial charge in [-0.05, 0) is 70.4 Å². The van der Waals surface area contributed by atoms with Gasteiger partial charge in [-0.2, -0.15) is 9.78 Å². The van der Waals surface area contributed by atoms with Gasteiger partial charge in [-0.15, -0.1) is 0 Å². The second kappa shape index (κ2) is 12.6. The van der Waals surface area contributed by atoms with Crippen molar-refractivity contribution in [1.82, 2.24) is 9.66 Å². The van der Waals surface area contributed by atoms with E-state index in [2.05, 4.69) is 54.2 Å². The summed E-state index contributed by atoms with van der Waals surface area (Å²) in [7, 11) is 0. The Morgan fingerprint density at radius 3 is 2.74 bits per heavy atom. The molecular formula is C27H22Br2ClFN4O3. The van der Waals surface area contributed by atoms with Crippen LogP contribution in [-0.4, -0.2) is 28.4 Å². The Morgan fingerprint density at radius 2 is 2.00 bits per heavy atom. The molecule has 3 aromatic carbocycles. The number of aryl methyl sites for hydroxylation is 1. The number of amides is 1. The maximum absolute atomic E-state index is 13.8. The molecule has 7 nitrogen and oxygen atoms in total. The SMILES string of the molecule is CCCCc1nc2ccc(Br)cc2c(=O)n1N=Cc1cc(Cl)c(OCC(=O)Nc2ccccc2F)c(Br)c1. The van der Waals surface area contributed by atoms with Gasteiger partial charge >= 0.3 is 0 Å². The maximum Gasteiger partial charge on any atom is 0.282 e. The summed E-state index contributed by atoms with van der Waals surface area (Å²) in [5, 5.41) is 7.56. The van der Waals surface area contributed by atoms with Crippen molar-refractivity contribution in [2.75, 3.05) is 11.9 Å². The number of hydrogen-bond acceptors (Lipinski definition) is 5. The lowest BCUT2D eigenvalue weighted by atomic mass is 10.2. The number of rotatable bonds is 9. The van der Waals surface area contributed by atoms with Crippen LogP contribution in [0.2, 0.25) is 5.02 Å². The summed E-state index contributed by atoms with van der Waals surface area (Å²) in [6.45, 7) is 1.69. The van der Waals surface area contributed by atoms with E-state index >= 15 is 0 Å². The van der Waals surface area contributed by atoms with Crippen LogP contribution in [0.15, 0.2) is 73.4 Å². The summed E-state index contributed by atoms with van der Waals surface area (Å²) in [4.78, 5) is 30.1. The standard InChI is InChI=1S/C27H22Br2ClFN4O3/c1-2-3-8-24-33-22-10-9-17(28)13-18(22)27(37)35(24)32-14-16-11-19(29)26(20(30)12-16)38-15-25(36)34-23-7-5-4-6-21(23)31/h4-7,9-14H,2-3,8,15H2,1H3,(H,34,36). The van der Waals surface area contributed by atoms with E-state index in [4.69, 9.17) is 16.3 Å². The van der Waals surface area contributed by atoms with Crippen LogP contribution in [0.4, 0.5) is 10.1 Å². The van der Waals surface area contributed by atoms with Crippen molar-refractivity contribution in [2.45, 2.75) is 26.2 Å². The second-order valence-electron chi connectivity index (χ2n) is 8.28. The molecule has 0 bridgehead atoms. The number of carbonyl (C=O) groups excluding carboxylic acids is 1. The van der Waals surface area contributed by atoms with Gasteiger partial charge in [0.2, 0.25) is 0 Å². The average molecular weight is 665 g/mol. The Morgan fingerprint density at radius 1 is 1.21 bits per heavy atom. The molecule has 4 rings (SSSR count). The first kappa shape index (κ1) is 27.9. The van der Waals surface area contributed by atoms with Gasteiger partial charge in [0.1, 0.15) is 11.6 Å². The van der Waals surface area contributed by atoms with Gasteiger partial charge in [-0.25, -0.2) is 9.37 Å². The van der Waals surface area contributed by atoms with Gasteiger partial charge < -0.3 is 10.1 Å². The number of halogens is 4. The third-order valence-corrected chi connectivity index (χ3v) is 6.83. The number of fused-ring (bicyclic) bond motifs is 1. The monoisotopic (exact) mass is 662 g/mol. The van der Waals surface area contributed by atoms with Crippen molar-refractivity contribution < 1.29 is 13.9 Å². The molecule has 0 saturated heterocycles. The first-order valence-corrected chi connectivity index (χ1v) is 13.6. The number of carbonyl (C=O) groups is 1. The molecule has 0 fully saturated rings. The van der Waals surface area contributed by atoms with Crippen molar-refractivity contribution in [3.05, 3.63) is 96.1 Å². The highest BCUT2D eigenvalue weighted by molar-refractivity contribution is 9.10. The van der Waals surface area contributed by atoms with Crippen LogP contribution in [0, 0.1) is 5.82 Å². The molecule has 11 heteroatoms. The van der Waals surface area contributed by atoms with Crippen molar-refractivity contribution >= 4 is 72.2 Å². The maximum atomic E-state index is 13.8. The molecule has 0 aliphatic heterocycles. The van der Waals surface area contributed by atoms with E-state index in [1.165, 1.54) is 29.1 Å². The predicted molar refractivity (Wildman–Crippen MR) is 155 cm³/mol. The number of hydrogen-bond donors (Lipinski definition) is 1. The van der Waals surface area contributed by atoms with Crippen molar-refractivity contribution in [1.29, 1.82) is 0 Å². The highest BCUT2D eigenvalue weighted by Gasteiger charge is 2.14. The Balaban J connectivity index is 1.56. The number of aromatic nitrogens is 2. The third-order valence-electron chi connectivity index (χ3n) is 5.47. The van der Waals surface area contributed by atoms with Gasteiger partial charge in [-0.1, -0.05) is 53.0 Å². The highest BCUT2D eigenvalue weighted by Crippen LogP contribution is 2.34. The van der Waals surface area contributed by atoms with Crippen LogP contribution in [0.5, 0.6) is 5.75 Å². The second-order valence-corrected chi connectivity index (χ2v) is 10.5. The summed E-state index contributed by atoms with van der Waals surface area (Å²) >= 11 is 13.2. The molecule has 1 amide bonds. The lowest BCUT2D eigenvalue weighted by Crippen LogP contribution is -2.22. The fraction of sp³-hybridized carbons (Fsp3) is 0.185. The van der Waals surface area contributed by atoms with E-state index in [9.17, 15) is 14.0 Å². The van der Waals surface area contributed by atoms with Crippen LogP contribution in [0.25, 0.3) is 10.9 Å². The molecule has 0 radical (unpaired) electrons. The van der Waals surface area contributed by atoms with Crippen LogP contribution in [0.3, 0.4) is 0 Å². The minimum atomic E-state index is -0.546. The quantitative estimate of drug-likeness (QED) is 0.196. The topological polar surface area (TPSA) is 85.6 Å². The lowest BCUT2D eigenvalue weighted by molar-refractivity contribution is -0.118. The molecule has 1 aromatic heterocycles. The van der Waals surface area contributed by atoms with Gasteiger partial charge in [-0.3, -0.25) is 9.59 Å². The number of nitrogens with zero attached hydrogens (tertiary/aromatic N) is 3. The van der Waals surface area contributed by atoms with Crippen molar-refractivity contribution in [2.24, 2.45) is 5.10 Å². The molecule has 0 aliphatic carbocycles. The smallest absolute Gasteiger partial charge is 0.282 e. The summed E-state index contributed by atoms with van der Waals surface area (Å²) in [6, 6.07) is 14.5. The molecule has 0 saturated carbocycles. The van der Waals surface area contributed by atoms with Crippen molar-refractivity contribution in [3.63, 3.8) is 0 Å². The number of anilines is 1. The van der Waals surface area contributed by atoms with Crippen molar-refractivity contribution in [3.8, 4) is 5.75 Å². The Bertz CT molecular complexity index is 1570. The van der Waals surface area contributed by atoms with E-state index < -0.39 is 11.7 Å². The predicted octanol–water partition coefficient (Wildman–Crippen LogP) is 6.96. The van der Waals surface area contributed by atoms with Gasteiger partial charge in [0.25, 0.3) is 11.5 Å². The zero-order chi connectivity index (χ0) is 27.2. The molecule has 0 spiro atoms. The number of ether oxygens (including phenoxy) is 1. The minimum absolute atomic E-state index is 0.0573. The third kappa shape index (κ3) is 6.67. The van der Waals surface area contributed by atoms with E-state index in [0.717, 1.165) is 17.3 Å². The fourth-order valence-electron chi connectivity index (χ4n) is 3.61. The van der Waals surface area contributed by atoms with Gasteiger partial charge in [0.05, 0.1) is 32.3 Å². The van der Waals surface area contributed by atoms with E-state index in [1.54, 1.807) is 30.3 Å². The van der Waals surface area contributed by atoms with E-state index in [1.807, 2.05) is 6.07 Å². The fourth-order valence-corrected chi connectivity index (χ4v) is 4.96. The molecule has 1 heterocycles. The summed E-state index contributed by atoms with van der Waals surface area (Å²) < 4.78 is 21.9. The molecule has 0 atom stereocenters. The van der Waals surface area contributed by atoms with Crippen LogP contribution in [-0.2, 0) is 11.2 Å². The van der Waals surface area contributed by atoms with E-state index in [0.29, 0.717) is 33.2 Å². The number of benzene rings is 3. The molecule has 0 unspecified atom stereocenters. The normalized spacial score (nSPS) is 11.3. The number of unbranched alkanes of at least 4 members (excludes halogenated alkanes) is 1. The van der Waals surface area contributed by atoms with Gasteiger partial charge in [0, 0.05) is 10.9 Å². The Hall–Kier alpha value is -3.08. The number of para-hydroxylation sites is 1. The van der Waals surface area contributed by atoms with Crippen LogP contribution >= 0.6 is 43.5 Å². The first-order chi connectivity index (χ1) is 18.3. The molecule has 196 valence electrons. The summed E-state index contributed by atoms with van der Waals surface area (Å²) in [5.41, 5.74) is 0.987. The molecular weight excluding hydrogens is 643 g/mol. The molecule has 0 aliphatic rings. The highest BCUT2D eigenvalue weighted by atomic mass is 79.9. The van der Waals surface area contributed by atoms with E-state index in [-0.39, 0.29) is 28.6 Å². The van der Waals surface area contributed by atoms with Gasteiger partial charge in [0.15, 0.2) is 12.4 Å². The zero-order valence-corrected chi connectivity index (χ0v) is 24.1. The van der Waals surface area contributed by atoms with Crippen LogP contribution < -0.4 is 15.6 Å². The minimum Gasteiger partial charge on any atom is -0.481 e. The molecule has 38 heavy (non-hydrogen) atoms. The Kier molecular flexibility index (Phi) is 9.30. The average Bonchev–Trinajstić information content (AvgIpc) is 2.88. The zero-order valence-electron chi connectivity index (χ0n) is 20.2. The summed E-state index contributed by atoms with van der Waals surface area (Å²) in [6.07, 6.45) is 3.91. The van der Waals surface area contributed by atoms with Crippen LogP contribution in [0.1, 0.15) is 31.2 Å². The largest absolute Gasteiger partial charge is 0.481 e. The first-order valence-electron chi connectivity index (χ1n) is 11.7. The summed E-state index contributed by atoms with van der Waals surface area (Å²) in [5.74, 6) is -0.285. The lowest BCUT2D eigenvalue weighted by Gasteiger charge is -2.12.